The van der Waals surface area contributed by atoms with Crippen molar-refractivity contribution in [1.29, 1.82) is 0 Å². The molecule has 1 unspecified atom stereocenters. The van der Waals surface area contributed by atoms with E-state index in [2.05, 4.69) is 27.5 Å². The van der Waals surface area contributed by atoms with E-state index >= 15 is 0 Å². The lowest BCUT2D eigenvalue weighted by molar-refractivity contribution is -0.123. The molecule has 0 aliphatic heterocycles. The van der Waals surface area contributed by atoms with Gasteiger partial charge in [-0.15, -0.1) is 0 Å². The highest BCUT2D eigenvalue weighted by molar-refractivity contribution is 5.82. The number of nitrogens with one attached hydrogen (secondary N) is 1. The summed E-state index contributed by atoms with van der Waals surface area (Å²) in [6, 6.07) is 9.37. The van der Waals surface area contributed by atoms with Crippen molar-refractivity contribution >= 4 is 5.91 Å². The molecule has 7 heteroatoms. The van der Waals surface area contributed by atoms with Gasteiger partial charge < -0.3 is 15.6 Å². The molecular formula is C20H26N6O. The van der Waals surface area contributed by atoms with Crippen LogP contribution in [0.3, 0.4) is 0 Å². The average molecular weight is 366 g/mol. The largest absolute Gasteiger partial charge is 0.348 e. The predicted octanol–water partition coefficient (Wildman–Crippen LogP) is 1.72. The maximum Gasteiger partial charge on any atom is 0.237 e. The third-order valence-electron chi connectivity index (χ3n) is 4.54. The first kappa shape index (κ1) is 18.8. The molecule has 2 heterocycles. The Morgan fingerprint density at radius 1 is 1.26 bits per heavy atom. The van der Waals surface area contributed by atoms with Crippen molar-refractivity contribution in [3.63, 3.8) is 0 Å². The number of nitrogens with zero attached hydrogens (tertiary/aromatic N) is 4. The number of imidazole rings is 1. The second kappa shape index (κ2) is 8.18. The fourth-order valence-corrected chi connectivity index (χ4v) is 3.15. The summed E-state index contributed by atoms with van der Waals surface area (Å²) in [6.07, 6.45) is 6.02. The fraction of sp³-hybridized carbons (Fsp3) is 0.350. The molecule has 3 rings (SSSR count). The van der Waals surface area contributed by atoms with Crippen molar-refractivity contribution in [3.8, 4) is 0 Å². The minimum Gasteiger partial charge on any atom is -0.348 e. The van der Waals surface area contributed by atoms with Gasteiger partial charge in [0.2, 0.25) is 5.91 Å². The Balaban J connectivity index is 1.56. The molecule has 3 aromatic rings. The van der Waals surface area contributed by atoms with Crippen molar-refractivity contribution in [1.82, 2.24) is 24.6 Å². The third-order valence-corrected chi connectivity index (χ3v) is 4.54. The molecule has 1 aromatic carbocycles. The predicted molar refractivity (Wildman–Crippen MR) is 104 cm³/mol. The van der Waals surface area contributed by atoms with Crippen molar-refractivity contribution in [2.75, 3.05) is 0 Å². The summed E-state index contributed by atoms with van der Waals surface area (Å²) < 4.78 is 3.74. The average Bonchev–Trinajstić information content (AvgIpc) is 3.21. The molecule has 2 atom stereocenters. The SMILES string of the molecule is Cc1nn(C)cc1C(C)NC(=O)[C@@H](N)Cc1cn(Cc2ccccc2)cn1. The van der Waals surface area contributed by atoms with Crippen LogP contribution in [-0.2, 0) is 24.8 Å². The smallest absolute Gasteiger partial charge is 0.237 e. The van der Waals surface area contributed by atoms with Crippen LogP contribution >= 0.6 is 0 Å². The zero-order valence-corrected chi connectivity index (χ0v) is 16.0. The Bertz CT molecular complexity index is 898. The van der Waals surface area contributed by atoms with E-state index in [0.29, 0.717) is 6.42 Å². The summed E-state index contributed by atoms with van der Waals surface area (Å²) in [5.74, 6) is -0.191. The van der Waals surface area contributed by atoms with Crippen molar-refractivity contribution < 1.29 is 4.79 Å². The van der Waals surface area contributed by atoms with Gasteiger partial charge in [0.1, 0.15) is 0 Å². The van der Waals surface area contributed by atoms with Gasteiger partial charge in [0, 0.05) is 38.0 Å². The number of rotatable bonds is 7. The highest BCUT2D eigenvalue weighted by Gasteiger charge is 2.20. The van der Waals surface area contributed by atoms with Gasteiger partial charge in [-0.25, -0.2) is 4.98 Å². The number of carbonyl (C=O) groups excluding carboxylic acids is 1. The molecule has 27 heavy (non-hydrogen) atoms. The molecule has 0 bridgehead atoms. The molecular weight excluding hydrogens is 340 g/mol. The summed E-state index contributed by atoms with van der Waals surface area (Å²) in [5.41, 5.74) is 9.99. The van der Waals surface area contributed by atoms with Crippen LogP contribution in [0.2, 0.25) is 0 Å². The number of nitrogens with two attached hydrogens (primary N) is 1. The third kappa shape index (κ3) is 4.83. The second-order valence-electron chi connectivity index (χ2n) is 6.91. The van der Waals surface area contributed by atoms with Crippen molar-refractivity contribution in [2.24, 2.45) is 12.8 Å². The number of carbonyl (C=O) groups is 1. The minimum atomic E-state index is -0.649. The van der Waals surface area contributed by atoms with Crippen molar-refractivity contribution in [2.45, 2.75) is 38.9 Å². The van der Waals surface area contributed by atoms with Crippen LogP contribution < -0.4 is 11.1 Å². The Morgan fingerprint density at radius 3 is 2.67 bits per heavy atom. The lowest BCUT2D eigenvalue weighted by Gasteiger charge is -2.16. The lowest BCUT2D eigenvalue weighted by atomic mass is 10.1. The van der Waals surface area contributed by atoms with E-state index in [0.717, 1.165) is 23.5 Å². The van der Waals surface area contributed by atoms with Gasteiger partial charge in [0.25, 0.3) is 0 Å². The highest BCUT2D eigenvalue weighted by Crippen LogP contribution is 2.15. The standard InChI is InChI=1S/C20H26N6O/c1-14(18-12-25(3)24-15(18)2)23-20(27)19(21)9-17-11-26(13-22-17)10-16-7-5-4-6-8-16/h4-8,11-14,19H,9-10,21H2,1-3H3,(H,23,27)/t14?,19-/m0/s1. The quantitative estimate of drug-likeness (QED) is 0.666. The molecule has 1 amide bonds. The van der Waals surface area contributed by atoms with E-state index < -0.39 is 6.04 Å². The van der Waals surface area contributed by atoms with E-state index in [9.17, 15) is 4.79 Å². The summed E-state index contributed by atoms with van der Waals surface area (Å²) in [6.45, 7) is 4.60. The summed E-state index contributed by atoms with van der Waals surface area (Å²) in [4.78, 5) is 16.8. The molecule has 3 N–H and O–H groups in total. The monoisotopic (exact) mass is 366 g/mol. The first-order valence-electron chi connectivity index (χ1n) is 9.03. The fourth-order valence-electron chi connectivity index (χ4n) is 3.15. The molecule has 0 radical (unpaired) electrons. The molecule has 0 fully saturated rings. The number of amides is 1. The summed E-state index contributed by atoms with van der Waals surface area (Å²) in [7, 11) is 1.86. The van der Waals surface area contributed by atoms with Gasteiger partial charge in [-0.05, 0) is 19.4 Å². The van der Waals surface area contributed by atoms with Crippen LogP contribution in [0.4, 0.5) is 0 Å². The van der Waals surface area contributed by atoms with E-state index in [1.165, 1.54) is 5.56 Å². The summed E-state index contributed by atoms with van der Waals surface area (Å²) >= 11 is 0. The molecule has 0 saturated heterocycles. The second-order valence-corrected chi connectivity index (χ2v) is 6.91. The van der Waals surface area contributed by atoms with E-state index in [1.54, 1.807) is 11.0 Å². The molecule has 0 saturated carbocycles. The number of hydrogen-bond donors (Lipinski definition) is 2. The minimum absolute atomic E-state index is 0.145. The Kier molecular flexibility index (Phi) is 5.71. The number of aryl methyl sites for hydroxylation is 2. The van der Waals surface area contributed by atoms with E-state index in [4.69, 9.17) is 5.73 Å². The highest BCUT2D eigenvalue weighted by atomic mass is 16.2. The first-order valence-corrected chi connectivity index (χ1v) is 9.03. The van der Waals surface area contributed by atoms with Gasteiger partial charge in [0.05, 0.1) is 29.8 Å². The van der Waals surface area contributed by atoms with Crippen LogP contribution in [0, 0.1) is 6.92 Å². The van der Waals surface area contributed by atoms with Gasteiger partial charge in [-0.3, -0.25) is 9.48 Å². The zero-order chi connectivity index (χ0) is 19.4. The Morgan fingerprint density at radius 2 is 2.00 bits per heavy atom. The van der Waals surface area contributed by atoms with Gasteiger partial charge in [0.15, 0.2) is 0 Å². The van der Waals surface area contributed by atoms with Crippen LogP contribution in [0.15, 0.2) is 49.1 Å². The van der Waals surface area contributed by atoms with Crippen LogP contribution in [0.5, 0.6) is 0 Å². The Labute approximate surface area is 159 Å². The molecule has 0 aliphatic carbocycles. The zero-order valence-electron chi connectivity index (χ0n) is 16.0. The summed E-state index contributed by atoms with van der Waals surface area (Å²) in [5, 5.41) is 7.28. The molecule has 0 aliphatic rings. The van der Waals surface area contributed by atoms with Gasteiger partial charge in [-0.2, -0.15) is 5.10 Å². The maximum atomic E-state index is 12.4. The number of hydrogen-bond acceptors (Lipinski definition) is 4. The van der Waals surface area contributed by atoms with E-state index in [1.807, 2.05) is 56.1 Å². The number of benzene rings is 1. The van der Waals surface area contributed by atoms with Crippen LogP contribution in [0.25, 0.3) is 0 Å². The Hall–Kier alpha value is -2.93. The van der Waals surface area contributed by atoms with Crippen LogP contribution in [0.1, 0.15) is 35.5 Å². The first-order chi connectivity index (χ1) is 12.9. The lowest BCUT2D eigenvalue weighted by Crippen LogP contribution is -2.43. The maximum absolute atomic E-state index is 12.4. The van der Waals surface area contributed by atoms with Crippen LogP contribution in [-0.4, -0.2) is 31.3 Å². The molecule has 0 spiro atoms. The van der Waals surface area contributed by atoms with Crippen molar-refractivity contribution in [3.05, 3.63) is 71.6 Å². The molecule has 7 nitrogen and oxygen atoms in total. The normalized spacial score (nSPS) is 13.3. The molecule has 2 aromatic heterocycles. The van der Waals surface area contributed by atoms with Gasteiger partial charge >= 0.3 is 0 Å². The topological polar surface area (TPSA) is 90.8 Å². The van der Waals surface area contributed by atoms with Gasteiger partial charge in [-0.1, -0.05) is 30.3 Å². The van der Waals surface area contributed by atoms with E-state index in [-0.39, 0.29) is 11.9 Å². The number of aromatic nitrogens is 4. The molecule has 142 valence electrons.